The Balaban J connectivity index is 1.86. The monoisotopic (exact) mass is 266 g/mol. The summed E-state index contributed by atoms with van der Waals surface area (Å²) in [6.45, 7) is 0. The molecule has 0 radical (unpaired) electrons. The van der Waals surface area contributed by atoms with Gasteiger partial charge in [-0.3, -0.25) is 4.79 Å². The van der Waals surface area contributed by atoms with Crippen molar-refractivity contribution in [1.29, 1.82) is 0 Å². The van der Waals surface area contributed by atoms with Gasteiger partial charge in [-0.1, -0.05) is 36.8 Å². The van der Waals surface area contributed by atoms with Gasteiger partial charge in [0.25, 0.3) is 0 Å². The smallest absolute Gasteiger partial charge is 0.303 e. The lowest BCUT2D eigenvalue weighted by Crippen LogP contribution is -1.94. The molecule has 1 N–H and O–H groups in total. The fourth-order valence-corrected chi connectivity index (χ4v) is 2.74. The zero-order chi connectivity index (χ0) is 13.1. The molecular weight excluding hydrogens is 244 g/mol. The first kappa shape index (κ1) is 15.1. The summed E-state index contributed by atoms with van der Waals surface area (Å²) in [6.07, 6.45) is 5.70. The highest BCUT2D eigenvalue weighted by molar-refractivity contribution is 7.99. The Kier molecular flexibility index (Phi) is 8.40. The number of rotatable bonds is 10. The molecule has 0 atom stereocenters. The van der Waals surface area contributed by atoms with Crippen LogP contribution in [-0.2, 0) is 11.2 Å². The minimum atomic E-state index is -0.675. The number of hydrogen-bond acceptors (Lipinski definition) is 2. The summed E-state index contributed by atoms with van der Waals surface area (Å²) in [5, 5.41) is 8.49. The first-order chi connectivity index (χ1) is 8.79. The number of carboxylic acid groups (broad SMARTS) is 1. The normalized spacial score (nSPS) is 10.4. The second-order valence-electron chi connectivity index (χ2n) is 4.41. The van der Waals surface area contributed by atoms with E-state index in [2.05, 4.69) is 30.3 Å². The molecule has 0 unspecified atom stereocenters. The Morgan fingerprint density at radius 2 is 1.72 bits per heavy atom. The van der Waals surface area contributed by atoms with Crippen LogP contribution in [0.4, 0.5) is 0 Å². The average Bonchev–Trinajstić information content (AvgIpc) is 2.37. The Labute approximate surface area is 114 Å². The third-order valence-electron chi connectivity index (χ3n) is 2.78. The third kappa shape index (κ3) is 8.18. The molecule has 0 saturated heterocycles. The third-order valence-corrected chi connectivity index (χ3v) is 3.93. The fraction of sp³-hybridized carbons (Fsp3) is 0.533. The van der Waals surface area contributed by atoms with E-state index in [0.29, 0.717) is 6.42 Å². The Morgan fingerprint density at radius 3 is 2.44 bits per heavy atom. The van der Waals surface area contributed by atoms with E-state index in [1.165, 1.54) is 17.7 Å². The second-order valence-corrected chi connectivity index (χ2v) is 5.63. The molecule has 1 rings (SSSR count). The topological polar surface area (TPSA) is 37.3 Å². The number of carbonyl (C=O) groups is 1. The molecule has 2 nitrogen and oxygen atoms in total. The van der Waals surface area contributed by atoms with Gasteiger partial charge in [-0.2, -0.15) is 11.8 Å². The van der Waals surface area contributed by atoms with E-state index in [0.717, 1.165) is 31.4 Å². The summed E-state index contributed by atoms with van der Waals surface area (Å²) in [4.78, 5) is 10.3. The first-order valence-corrected chi connectivity index (χ1v) is 7.78. The van der Waals surface area contributed by atoms with Crippen molar-refractivity contribution in [2.75, 3.05) is 11.5 Å². The maximum atomic E-state index is 10.3. The number of thioether (sulfide) groups is 1. The van der Waals surface area contributed by atoms with E-state index in [-0.39, 0.29) is 0 Å². The van der Waals surface area contributed by atoms with Crippen molar-refractivity contribution in [3.05, 3.63) is 35.9 Å². The lowest BCUT2D eigenvalue weighted by Gasteiger charge is -2.02. The van der Waals surface area contributed by atoms with E-state index >= 15 is 0 Å². The minimum Gasteiger partial charge on any atom is -0.481 e. The number of aryl methyl sites for hydroxylation is 1. The van der Waals surface area contributed by atoms with Gasteiger partial charge in [-0.15, -0.1) is 0 Å². The van der Waals surface area contributed by atoms with Crippen LogP contribution in [0.2, 0.25) is 0 Å². The summed E-state index contributed by atoms with van der Waals surface area (Å²) in [7, 11) is 0. The van der Waals surface area contributed by atoms with Crippen molar-refractivity contribution in [1.82, 2.24) is 0 Å². The summed E-state index contributed by atoms with van der Waals surface area (Å²) in [5.41, 5.74) is 1.42. The van der Waals surface area contributed by atoms with Gasteiger partial charge in [0.15, 0.2) is 0 Å². The molecule has 0 spiro atoms. The molecule has 0 fully saturated rings. The maximum absolute atomic E-state index is 10.3. The Bertz CT molecular complexity index is 325. The first-order valence-electron chi connectivity index (χ1n) is 6.62. The van der Waals surface area contributed by atoms with Crippen LogP contribution < -0.4 is 0 Å². The molecule has 0 aliphatic carbocycles. The quantitative estimate of drug-likeness (QED) is 0.650. The second kappa shape index (κ2) is 10.0. The molecular formula is C15H22O2S. The number of aliphatic carboxylic acids is 1. The lowest BCUT2D eigenvalue weighted by molar-refractivity contribution is -0.137. The molecule has 0 heterocycles. The summed E-state index contributed by atoms with van der Waals surface area (Å²) in [6, 6.07) is 10.6. The van der Waals surface area contributed by atoms with E-state index in [1.54, 1.807) is 0 Å². The van der Waals surface area contributed by atoms with Crippen LogP contribution in [0, 0.1) is 0 Å². The number of hydrogen-bond donors (Lipinski definition) is 1. The van der Waals surface area contributed by atoms with E-state index in [1.807, 2.05) is 11.8 Å². The van der Waals surface area contributed by atoms with E-state index in [9.17, 15) is 4.79 Å². The highest BCUT2D eigenvalue weighted by atomic mass is 32.2. The van der Waals surface area contributed by atoms with Crippen molar-refractivity contribution in [3.8, 4) is 0 Å². The van der Waals surface area contributed by atoms with Crippen LogP contribution in [0.25, 0.3) is 0 Å². The van der Waals surface area contributed by atoms with Crippen LogP contribution in [0.3, 0.4) is 0 Å². The molecule has 3 heteroatoms. The van der Waals surface area contributed by atoms with Crippen molar-refractivity contribution >= 4 is 17.7 Å². The molecule has 1 aromatic rings. The van der Waals surface area contributed by atoms with Gasteiger partial charge >= 0.3 is 5.97 Å². The van der Waals surface area contributed by atoms with E-state index < -0.39 is 5.97 Å². The van der Waals surface area contributed by atoms with Crippen molar-refractivity contribution in [2.45, 2.75) is 38.5 Å². The summed E-state index contributed by atoms with van der Waals surface area (Å²) in [5.74, 6) is 1.69. The van der Waals surface area contributed by atoms with Gasteiger partial charge in [-0.25, -0.2) is 0 Å². The fourth-order valence-electron chi connectivity index (χ4n) is 1.78. The zero-order valence-corrected chi connectivity index (χ0v) is 11.6. The van der Waals surface area contributed by atoms with Crippen molar-refractivity contribution in [3.63, 3.8) is 0 Å². The van der Waals surface area contributed by atoms with Gasteiger partial charge in [0.2, 0.25) is 0 Å². The highest BCUT2D eigenvalue weighted by Crippen LogP contribution is 2.11. The van der Waals surface area contributed by atoms with Crippen LogP contribution in [0.15, 0.2) is 30.3 Å². The van der Waals surface area contributed by atoms with Crippen LogP contribution in [0.5, 0.6) is 0 Å². The Morgan fingerprint density at radius 1 is 1.00 bits per heavy atom. The lowest BCUT2D eigenvalue weighted by atomic mass is 10.1. The highest BCUT2D eigenvalue weighted by Gasteiger charge is 1.97. The minimum absolute atomic E-state index is 0.318. The maximum Gasteiger partial charge on any atom is 0.303 e. The molecule has 0 bridgehead atoms. The molecule has 100 valence electrons. The molecule has 0 aromatic heterocycles. The predicted molar refractivity (Wildman–Crippen MR) is 78.2 cm³/mol. The molecule has 18 heavy (non-hydrogen) atoms. The predicted octanol–water partition coefficient (Wildman–Crippen LogP) is 4.00. The zero-order valence-electron chi connectivity index (χ0n) is 10.8. The van der Waals surface area contributed by atoms with Crippen molar-refractivity contribution < 1.29 is 9.90 Å². The molecule has 0 amide bonds. The molecule has 0 aliphatic heterocycles. The summed E-state index contributed by atoms with van der Waals surface area (Å²) >= 11 is 1.98. The van der Waals surface area contributed by atoms with Crippen LogP contribution in [0.1, 0.15) is 37.7 Å². The Hall–Kier alpha value is -0.960. The van der Waals surface area contributed by atoms with Gasteiger partial charge in [0, 0.05) is 6.42 Å². The van der Waals surface area contributed by atoms with Gasteiger partial charge in [0.1, 0.15) is 0 Å². The van der Waals surface area contributed by atoms with Crippen LogP contribution in [-0.4, -0.2) is 22.6 Å². The van der Waals surface area contributed by atoms with Crippen LogP contribution >= 0.6 is 11.8 Å². The number of benzene rings is 1. The molecule has 0 aliphatic rings. The van der Waals surface area contributed by atoms with E-state index in [4.69, 9.17) is 5.11 Å². The SMILES string of the molecule is O=C(O)CCCCCSCCCc1ccccc1. The van der Waals surface area contributed by atoms with Gasteiger partial charge in [0.05, 0.1) is 0 Å². The molecule has 0 saturated carbocycles. The average molecular weight is 266 g/mol. The number of carboxylic acids is 1. The molecule has 1 aromatic carbocycles. The largest absolute Gasteiger partial charge is 0.481 e. The number of unbranched alkanes of at least 4 members (excludes halogenated alkanes) is 2. The van der Waals surface area contributed by atoms with Crippen molar-refractivity contribution in [2.24, 2.45) is 0 Å². The summed E-state index contributed by atoms with van der Waals surface area (Å²) < 4.78 is 0. The van der Waals surface area contributed by atoms with Gasteiger partial charge in [-0.05, 0) is 42.8 Å². The van der Waals surface area contributed by atoms with Gasteiger partial charge < -0.3 is 5.11 Å². The standard InChI is InChI=1S/C15H22O2S/c16-15(17)11-5-2-6-12-18-13-7-10-14-8-3-1-4-9-14/h1,3-4,8-9H,2,5-7,10-13H2,(H,16,17).